The standard InChI is InChI=1S/C18H17N7O2/c1-10-8-20-18(21-15-7-11(2)24(3)23-15)22-16(10)13-9-19-17-12(13)5-4-6-14(17)25(26)27/h4-9,19H,1-3H3,(H,20,21,22,23). The molecule has 4 aromatic rings. The van der Waals surface area contributed by atoms with Crippen LogP contribution in [0.2, 0.25) is 0 Å². The second-order valence-electron chi connectivity index (χ2n) is 6.30. The molecular weight excluding hydrogens is 346 g/mol. The number of rotatable bonds is 4. The van der Waals surface area contributed by atoms with Crippen molar-refractivity contribution >= 4 is 28.4 Å². The molecule has 0 radical (unpaired) electrons. The van der Waals surface area contributed by atoms with Crippen molar-refractivity contribution in [1.82, 2.24) is 24.7 Å². The number of nitro benzene ring substituents is 1. The van der Waals surface area contributed by atoms with Crippen molar-refractivity contribution < 1.29 is 4.92 Å². The molecule has 9 heteroatoms. The fraction of sp³-hybridized carbons (Fsp3) is 0.167. The van der Waals surface area contributed by atoms with Crippen LogP contribution in [-0.2, 0) is 7.05 Å². The van der Waals surface area contributed by atoms with Crippen LogP contribution in [-0.4, -0.2) is 29.7 Å². The van der Waals surface area contributed by atoms with Gasteiger partial charge in [-0.15, -0.1) is 0 Å². The number of hydrogen-bond acceptors (Lipinski definition) is 6. The van der Waals surface area contributed by atoms with E-state index in [9.17, 15) is 10.1 Å². The van der Waals surface area contributed by atoms with E-state index in [-0.39, 0.29) is 5.69 Å². The molecule has 0 amide bonds. The van der Waals surface area contributed by atoms with E-state index in [0.717, 1.165) is 22.2 Å². The highest BCUT2D eigenvalue weighted by Gasteiger charge is 2.18. The quantitative estimate of drug-likeness (QED) is 0.423. The maximum Gasteiger partial charge on any atom is 0.293 e. The number of fused-ring (bicyclic) bond motifs is 1. The van der Waals surface area contributed by atoms with Crippen LogP contribution in [0.5, 0.6) is 0 Å². The number of hydrogen-bond donors (Lipinski definition) is 2. The van der Waals surface area contributed by atoms with Gasteiger partial charge in [-0.2, -0.15) is 5.10 Å². The van der Waals surface area contributed by atoms with Gasteiger partial charge in [0.1, 0.15) is 5.52 Å². The zero-order valence-electron chi connectivity index (χ0n) is 15.0. The summed E-state index contributed by atoms with van der Waals surface area (Å²) in [6.07, 6.45) is 3.46. The smallest absolute Gasteiger partial charge is 0.293 e. The Balaban J connectivity index is 1.79. The van der Waals surface area contributed by atoms with Crippen LogP contribution in [0.15, 0.2) is 36.7 Å². The van der Waals surface area contributed by atoms with Crippen LogP contribution >= 0.6 is 0 Å². The molecule has 136 valence electrons. The number of non-ortho nitro benzene ring substituents is 1. The second kappa shape index (κ2) is 6.20. The number of anilines is 2. The Kier molecular flexibility index (Phi) is 3.84. The van der Waals surface area contributed by atoms with Crippen LogP contribution < -0.4 is 5.32 Å². The minimum atomic E-state index is -0.397. The largest absolute Gasteiger partial charge is 0.355 e. The number of nitro groups is 1. The summed E-state index contributed by atoms with van der Waals surface area (Å²) in [7, 11) is 1.86. The number of nitrogens with zero attached hydrogens (tertiary/aromatic N) is 5. The first kappa shape index (κ1) is 16.7. The lowest BCUT2D eigenvalue weighted by Crippen LogP contribution is -2.01. The van der Waals surface area contributed by atoms with Crippen LogP contribution in [0.4, 0.5) is 17.5 Å². The summed E-state index contributed by atoms with van der Waals surface area (Å²) < 4.78 is 1.76. The van der Waals surface area contributed by atoms with Gasteiger partial charge in [0.15, 0.2) is 5.82 Å². The lowest BCUT2D eigenvalue weighted by atomic mass is 10.1. The number of nitrogens with one attached hydrogen (secondary N) is 2. The fourth-order valence-corrected chi connectivity index (χ4v) is 3.00. The third kappa shape index (κ3) is 2.88. The predicted molar refractivity (Wildman–Crippen MR) is 102 cm³/mol. The highest BCUT2D eigenvalue weighted by Crippen LogP contribution is 2.34. The van der Waals surface area contributed by atoms with Gasteiger partial charge in [0.05, 0.1) is 10.6 Å². The van der Waals surface area contributed by atoms with Gasteiger partial charge in [0, 0.05) is 48.2 Å². The number of para-hydroxylation sites is 1. The minimum absolute atomic E-state index is 0.0350. The SMILES string of the molecule is Cc1cnc(Nc2cc(C)n(C)n2)nc1-c1c[nH]c2c([N+](=O)[O-])cccc12. The Bertz CT molecular complexity index is 1160. The topological polar surface area (TPSA) is 115 Å². The molecule has 3 aromatic heterocycles. The van der Waals surface area contributed by atoms with E-state index in [1.807, 2.05) is 33.0 Å². The molecule has 27 heavy (non-hydrogen) atoms. The van der Waals surface area contributed by atoms with Crippen molar-refractivity contribution in [3.8, 4) is 11.3 Å². The number of aromatic nitrogens is 5. The maximum atomic E-state index is 11.3. The van der Waals surface area contributed by atoms with Crippen molar-refractivity contribution in [3.63, 3.8) is 0 Å². The first-order valence-corrected chi connectivity index (χ1v) is 8.30. The molecule has 0 atom stereocenters. The van der Waals surface area contributed by atoms with Gasteiger partial charge in [-0.05, 0) is 19.4 Å². The predicted octanol–water partition coefficient (Wildman–Crippen LogP) is 3.63. The van der Waals surface area contributed by atoms with E-state index in [2.05, 4.69) is 25.4 Å². The zero-order chi connectivity index (χ0) is 19.1. The molecule has 2 N–H and O–H groups in total. The van der Waals surface area contributed by atoms with Gasteiger partial charge in [0.25, 0.3) is 5.69 Å². The molecule has 0 saturated carbocycles. The molecule has 0 aliphatic carbocycles. The van der Waals surface area contributed by atoms with E-state index in [0.29, 0.717) is 23.0 Å². The molecule has 0 aliphatic rings. The second-order valence-corrected chi connectivity index (χ2v) is 6.30. The van der Waals surface area contributed by atoms with E-state index in [1.165, 1.54) is 6.07 Å². The normalized spacial score (nSPS) is 11.1. The van der Waals surface area contributed by atoms with E-state index in [4.69, 9.17) is 0 Å². The monoisotopic (exact) mass is 363 g/mol. The average molecular weight is 363 g/mol. The van der Waals surface area contributed by atoms with Gasteiger partial charge < -0.3 is 10.3 Å². The van der Waals surface area contributed by atoms with Crippen molar-refractivity contribution in [2.75, 3.05) is 5.32 Å². The van der Waals surface area contributed by atoms with Crippen molar-refractivity contribution in [3.05, 3.63) is 58.0 Å². The molecule has 0 aliphatic heterocycles. The Hall–Kier alpha value is -3.75. The lowest BCUT2D eigenvalue weighted by Gasteiger charge is -2.07. The zero-order valence-corrected chi connectivity index (χ0v) is 15.0. The highest BCUT2D eigenvalue weighted by atomic mass is 16.6. The summed E-state index contributed by atoms with van der Waals surface area (Å²) in [4.78, 5) is 22.8. The maximum absolute atomic E-state index is 11.3. The first-order valence-electron chi connectivity index (χ1n) is 8.30. The third-order valence-electron chi connectivity index (χ3n) is 4.47. The van der Waals surface area contributed by atoms with E-state index >= 15 is 0 Å². The Morgan fingerprint density at radius 2 is 2.11 bits per heavy atom. The summed E-state index contributed by atoms with van der Waals surface area (Å²) in [5, 5.41) is 19.4. The van der Waals surface area contributed by atoms with Crippen molar-refractivity contribution in [2.45, 2.75) is 13.8 Å². The van der Waals surface area contributed by atoms with Gasteiger partial charge >= 0.3 is 0 Å². The molecule has 0 fully saturated rings. The lowest BCUT2D eigenvalue weighted by molar-refractivity contribution is -0.383. The Morgan fingerprint density at radius 1 is 1.30 bits per heavy atom. The molecule has 0 bridgehead atoms. The molecule has 0 unspecified atom stereocenters. The summed E-state index contributed by atoms with van der Waals surface area (Å²) in [6, 6.07) is 6.89. The summed E-state index contributed by atoms with van der Waals surface area (Å²) in [6.45, 7) is 3.86. The minimum Gasteiger partial charge on any atom is -0.355 e. The molecule has 0 spiro atoms. The van der Waals surface area contributed by atoms with Crippen LogP contribution in [0, 0.1) is 24.0 Å². The van der Waals surface area contributed by atoms with Gasteiger partial charge in [-0.1, -0.05) is 12.1 Å². The number of benzene rings is 1. The Morgan fingerprint density at radius 3 is 2.81 bits per heavy atom. The first-order chi connectivity index (χ1) is 12.9. The molecule has 3 heterocycles. The molecule has 9 nitrogen and oxygen atoms in total. The van der Waals surface area contributed by atoms with Crippen LogP contribution in [0.1, 0.15) is 11.3 Å². The summed E-state index contributed by atoms with van der Waals surface area (Å²) in [5.41, 5.74) is 3.87. The average Bonchev–Trinajstić information content (AvgIpc) is 3.19. The van der Waals surface area contributed by atoms with Crippen molar-refractivity contribution in [1.29, 1.82) is 0 Å². The summed E-state index contributed by atoms with van der Waals surface area (Å²) in [5.74, 6) is 1.06. The fourth-order valence-electron chi connectivity index (χ4n) is 3.00. The molecular formula is C18H17N7O2. The van der Waals surface area contributed by atoms with Crippen LogP contribution in [0.25, 0.3) is 22.2 Å². The van der Waals surface area contributed by atoms with Gasteiger partial charge in [-0.25, -0.2) is 9.97 Å². The van der Waals surface area contributed by atoms with Gasteiger partial charge in [-0.3, -0.25) is 14.8 Å². The molecule has 1 aromatic carbocycles. The highest BCUT2D eigenvalue weighted by molar-refractivity contribution is 5.99. The van der Waals surface area contributed by atoms with E-state index < -0.39 is 4.92 Å². The summed E-state index contributed by atoms with van der Waals surface area (Å²) >= 11 is 0. The van der Waals surface area contributed by atoms with E-state index in [1.54, 1.807) is 23.1 Å². The Labute approximate surface area is 154 Å². The number of H-pyrrole nitrogens is 1. The number of aryl methyl sites for hydroxylation is 3. The van der Waals surface area contributed by atoms with Crippen molar-refractivity contribution in [2.24, 2.45) is 7.05 Å². The third-order valence-corrected chi connectivity index (χ3v) is 4.47. The molecule has 0 saturated heterocycles. The van der Waals surface area contributed by atoms with Crippen LogP contribution in [0.3, 0.4) is 0 Å². The number of aromatic amines is 1. The molecule has 4 rings (SSSR count). The van der Waals surface area contributed by atoms with Gasteiger partial charge in [0.2, 0.25) is 5.95 Å².